The summed E-state index contributed by atoms with van der Waals surface area (Å²) in [4.78, 5) is 10.7. The second-order valence-corrected chi connectivity index (χ2v) is 3.01. The maximum Gasteiger partial charge on any atom is 0.335 e. The van der Waals surface area contributed by atoms with Crippen LogP contribution in [-0.2, 0) is 0 Å². The van der Waals surface area contributed by atoms with Crippen LogP contribution in [0.25, 0.3) is 0 Å². The van der Waals surface area contributed by atoms with E-state index in [1.54, 1.807) is 0 Å². The topological polar surface area (TPSA) is 29.5 Å². The van der Waals surface area contributed by atoms with E-state index in [0.717, 1.165) is 6.07 Å². The fourth-order valence-electron chi connectivity index (χ4n) is 0.872. The van der Waals surface area contributed by atoms with Crippen molar-refractivity contribution < 1.29 is 13.9 Å². The number of carbonyl (C=O) groups excluding carboxylic acids is 1. The second kappa shape index (κ2) is 4.48. The molecule has 0 bridgehead atoms. The third-order valence-electron chi connectivity index (χ3n) is 1.52. The van der Waals surface area contributed by atoms with Crippen LogP contribution in [0.4, 0.5) is 14.9 Å². The van der Waals surface area contributed by atoms with Gasteiger partial charge in [0.25, 0.3) is 0 Å². The smallest absolute Gasteiger partial charge is 0.335 e. The first-order valence-corrected chi connectivity index (χ1v) is 4.26. The fourth-order valence-corrected chi connectivity index (χ4v) is 1.07. The molecule has 0 atom stereocenters. The number of amides is 1. The maximum absolute atomic E-state index is 12.9. The molecule has 0 fully saturated rings. The summed E-state index contributed by atoms with van der Waals surface area (Å²) in [6.45, 7) is 0. The summed E-state index contributed by atoms with van der Waals surface area (Å²) in [5, 5.41) is -0.875. The molecule has 1 aromatic carbocycles. The van der Waals surface area contributed by atoms with E-state index in [-0.39, 0.29) is 11.4 Å². The van der Waals surface area contributed by atoms with Crippen LogP contribution in [0, 0.1) is 5.82 Å². The van der Waals surface area contributed by atoms with Gasteiger partial charge in [-0.15, -0.1) is 0 Å². The van der Waals surface area contributed by atoms with Gasteiger partial charge in [0.05, 0.1) is 12.8 Å². The molecular formula is C8H6Cl2FNO2. The lowest BCUT2D eigenvalue weighted by molar-refractivity contribution is 0.267. The first-order chi connectivity index (χ1) is 6.56. The Hall–Kier alpha value is -1.00. The molecule has 14 heavy (non-hydrogen) atoms. The van der Waals surface area contributed by atoms with E-state index in [1.807, 2.05) is 0 Å². The third kappa shape index (κ3) is 2.27. The number of benzene rings is 1. The number of methoxy groups -OCH3 is 1. The van der Waals surface area contributed by atoms with Gasteiger partial charge in [-0.1, -0.05) is 0 Å². The molecule has 0 radical (unpaired) electrons. The highest BCUT2D eigenvalue weighted by Gasteiger charge is 2.12. The zero-order chi connectivity index (χ0) is 10.7. The van der Waals surface area contributed by atoms with Crippen molar-refractivity contribution in [1.82, 2.24) is 0 Å². The molecule has 0 saturated carbocycles. The fraction of sp³-hybridized carbons (Fsp3) is 0.125. The molecule has 1 amide bonds. The van der Waals surface area contributed by atoms with Gasteiger partial charge in [0, 0.05) is 17.8 Å². The van der Waals surface area contributed by atoms with E-state index in [0.29, 0.717) is 4.42 Å². The molecular weight excluding hydrogens is 232 g/mol. The van der Waals surface area contributed by atoms with Crippen molar-refractivity contribution in [2.24, 2.45) is 0 Å². The van der Waals surface area contributed by atoms with E-state index in [4.69, 9.17) is 28.1 Å². The summed E-state index contributed by atoms with van der Waals surface area (Å²) in [6, 6.07) is 3.71. The predicted molar refractivity (Wildman–Crippen MR) is 52.5 cm³/mol. The standard InChI is InChI=1S/C8H6Cl2FNO2/c1-14-7-4-5(2-3-6(7)11)12(10)8(9)13/h2-4H,1H3. The van der Waals surface area contributed by atoms with Gasteiger partial charge in [0.15, 0.2) is 11.6 Å². The Kier molecular flexibility index (Phi) is 3.55. The van der Waals surface area contributed by atoms with Crippen molar-refractivity contribution in [3.05, 3.63) is 24.0 Å². The van der Waals surface area contributed by atoms with Crippen LogP contribution in [0.5, 0.6) is 5.75 Å². The second-order valence-electron chi connectivity index (χ2n) is 2.35. The minimum atomic E-state index is -0.875. The van der Waals surface area contributed by atoms with Gasteiger partial charge >= 0.3 is 5.37 Å². The molecule has 0 unspecified atom stereocenters. The Morgan fingerprint density at radius 3 is 2.71 bits per heavy atom. The molecule has 0 aliphatic rings. The summed E-state index contributed by atoms with van der Waals surface area (Å²) in [5.41, 5.74) is 0.241. The Labute approximate surface area is 90.1 Å². The average molecular weight is 238 g/mol. The molecule has 76 valence electrons. The number of nitrogens with zero attached hydrogens (tertiary/aromatic N) is 1. The lowest BCUT2D eigenvalue weighted by Crippen LogP contribution is -2.12. The largest absolute Gasteiger partial charge is 0.494 e. The number of anilines is 1. The molecule has 0 heterocycles. The van der Waals surface area contributed by atoms with E-state index in [2.05, 4.69) is 0 Å². The highest BCUT2D eigenvalue weighted by molar-refractivity contribution is 6.71. The van der Waals surface area contributed by atoms with Crippen molar-refractivity contribution in [3.63, 3.8) is 0 Å². The molecule has 1 aromatic rings. The van der Waals surface area contributed by atoms with Crippen LogP contribution in [0.1, 0.15) is 0 Å². The Balaban J connectivity index is 3.06. The minimum Gasteiger partial charge on any atom is -0.494 e. The van der Waals surface area contributed by atoms with Gasteiger partial charge in [0.2, 0.25) is 0 Å². The van der Waals surface area contributed by atoms with Crippen LogP contribution >= 0.6 is 23.4 Å². The highest BCUT2D eigenvalue weighted by atomic mass is 35.5. The highest BCUT2D eigenvalue weighted by Crippen LogP contribution is 2.26. The van der Waals surface area contributed by atoms with Crippen LogP contribution in [0.15, 0.2) is 18.2 Å². The summed E-state index contributed by atoms with van der Waals surface area (Å²) in [6.07, 6.45) is 0. The van der Waals surface area contributed by atoms with Gasteiger partial charge in [-0.05, 0) is 23.7 Å². The first-order valence-electron chi connectivity index (χ1n) is 3.55. The maximum atomic E-state index is 12.9. The van der Waals surface area contributed by atoms with Gasteiger partial charge < -0.3 is 4.74 Å². The molecule has 0 aliphatic carbocycles. The summed E-state index contributed by atoms with van der Waals surface area (Å²) >= 11 is 10.6. The monoisotopic (exact) mass is 237 g/mol. The Morgan fingerprint density at radius 1 is 1.57 bits per heavy atom. The molecule has 3 nitrogen and oxygen atoms in total. The lowest BCUT2D eigenvalue weighted by Gasteiger charge is -2.11. The molecule has 6 heteroatoms. The molecule has 0 N–H and O–H groups in total. The zero-order valence-corrected chi connectivity index (χ0v) is 8.64. The number of carbonyl (C=O) groups is 1. The number of hydrogen-bond acceptors (Lipinski definition) is 2. The SMILES string of the molecule is COc1cc(N(Cl)C(=O)Cl)ccc1F. The zero-order valence-electron chi connectivity index (χ0n) is 7.13. The average Bonchev–Trinajstić information content (AvgIpc) is 2.17. The Morgan fingerprint density at radius 2 is 2.21 bits per heavy atom. The van der Waals surface area contributed by atoms with E-state index in [1.165, 1.54) is 19.2 Å². The number of ether oxygens (including phenoxy) is 1. The van der Waals surface area contributed by atoms with Crippen LogP contribution < -0.4 is 9.16 Å². The van der Waals surface area contributed by atoms with Crippen molar-refractivity contribution >= 4 is 34.4 Å². The van der Waals surface area contributed by atoms with E-state index >= 15 is 0 Å². The summed E-state index contributed by atoms with van der Waals surface area (Å²) in [5.74, 6) is -0.547. The number of halogens is 3. The van der Waals surface area contributed by atoms with E-state index < -0.39 is 11.2 Å². The molecule has 0 spiro atoms. The molecule has 0 aromatic heterocycles. The van der Waals surface area contributed by atoms with Gasteiger partial charge in [-0.3, -0.25) is 4.79 Å². The van der Waals surface area contributed by atoms with E-state index in [9.17, 15) is 9.18 Å². The Bertz CT molecular complexity index is 359. The third-order valence-corrected chi connectivity index (χ3v) is 2.12. The van der Waals surface area contributed by atoms with Gasteiger partial charge in [-0.25, -0.2) is 8.81 Å². The van der Waals surface area contributed by atoms with Crippen molar-refractivity contribution in [2.75, 3.05) is 11.5 Å². The molecule has 0 saturated heterocycles. The van der Waals surface area contributed by atoms with Crippen molar-refractivity contribution in [2.45, 2.75) is 0 Å². The van der Waals surface area contributed by atoms with Gasteiger partial charge in [0.1, 0.15) is 0 Å². The molecule has 0 aliphatic heterocycles. The number of rotatable bonds is 2. The van der Waals surface area contributed by atoms with Crippen LogP contribution in [0.3, 0.4) is 0 Å². The summed E-state index contributed by atoms with van der Waals surface area (Å²) in [7, 11) is 1.31. The van der Waals surface area contributed by atoms with Crippen LogP contribution in [0.2, 0.25) is 0 Å². The first kappa shape index (κ1) is 11.1. The lowest BCUT2D eigenvalue weighted by atomic mass is 10.3. The summed E-state index contributed by atoms with van der Waals surface area (Å²) < 4.78 is 18.3. The van der Waals surface area contributed by atoms with Gasteiger partial charge in [-0.2, -0.15) is 0 Å². The molecule has 1 rings (SSSR count). The van der Waals surface area contributed by atoms with Crippen molar-refractivity contribution in [1.29, 1.82) is 0 Å². The predicted octanol–water partition coefficient (Wildman–Crippen LogP) is 3.15. The minimum absolute atomic E-state index is 0.00827. The number of hydrogen-bond donors (Lipinski definition) is 0. The normalized spacial score (nSPS) is 9.71. The van der Waals surface area contributed by atoms with Crippen molar-refractivity contribution in [3.8, 4) is 5.75 Å². The van der Waals surface area contributed by atoms with Crippen LogP contribution in [-0.4, -0.2) is 12.5 Å². The quantitative estimate of drug-likeness (QED) is 0.450.